The number of carbonyl (C=O) groups excluding carboxylic acids is 1. The lowest BCUT2D eigenvalue weighted by Gasteiger charge is -2.22. The largest absolute Gasteiger partial charge is 0.309 e. The van der Waals surface area contributed by atoms with Gasteiger partial charge in [-0.1, -0.05) is 18.7 Å². The van der Waals surface area contributed by atoms with E-state index in [2.05, 4.69) is 44.7 Å². The monoisotopic (exact) mass is 468 g/mol. The minimum Gasteiger partial charge on any atom is -0.309 e. The molecule has 1 aromatic heterocycles. The minimum atomic E-state index is -3.31. The third-order valence-corrected chi connectivity index (χ3v) is 7.74. The van der Waals surface area contributed by atoms with Crippen molar-refractivity contribution in [2.75, 3.05) is 24.7 Å². The first-order valence-corrected chi connectivity index (χ1v) is 11.5. The zero-order valence-corrected chi connectivity index (χ0v) is 18.2. The van der Waals surface area contributed by atoms with Crippen LogP contribution in [0.2, 0.25) is 0 Å². The van der Waals surface area contributed by atoms with E-state index < -0.39 is 10.0 Å². The molecule has 2 fully saturated rings. The molecule has 2 aliphatic rings. The summed E-state index contributed by atoms with van der Waals surface area (Å²) in [5.74, 6) is 0.344. The number of pyridine rings is 1. The number of sulfonamides is 1. The SMILES string of the molecule is C=CCCS(=O)(=O)N(C)C[C@@]12C[C@@H](C(=O)Nc3nc(Br)ccc3C=C)N[C@@H]1C2. The molecule has 1 aliphatic heterocycles. The van der Waals surface area contributed by atoms with Crippen molar-refractivity contribution in [3.8, 4) is 0 Å². The molecule has 2 N–H and O–H groups in total. The lowest BCUT2D eigenvalue weighted by molar-refractivity contribution is -0.118. The molecule has 0 aromatic carbocycles. The van der Waals surface area contributed by atoms with E-state index in [0.29, 0.717) is 29.8 Å². The zero-order chi connectivity index (χ0) is 20.5. The number of rotatable bonds is 9. The van der Waals surface area contributed by atoms with Crippen molar-refractivity contribution in [2.45, 2.75) is 31.3 Å². The third kappa shape index (κ3) is 4.37. The van der Waals surface area contributed by atoms with Crippen LogP contribution in [-0.2, 0) is 14.8 Å². The summed E-state index contributed by atoms with van der Waals surface area (Å²) < 4.78 is 26.8. The van der Waals surface area contributed by atoms with Gasteiger partial charge in [0, 0.05) is 30.6 Å². The van der Waals surface area contributed by atoms with Gasteiger partial charge in [0.1, 0.15) is 10.4 Å². The Bertz CT molecular complexity index is 904. The second kappa shape index (κ2) is 8.06. The molecule has 7 nitrogen and oxygen atoms in total. The maximum Gasteiger partial charge on any atom is 0.242 e. The van der Waals surface area contributed by atoms with E-state index in [0.717, 1.165) is 12.0 Å². The summed E-state index contributed by atoms with van der Waals surface area (Å²) in [6, 6.07) is 3.40. The van der Waals surface area contributed by atoms with Crippen LogP contribution < -0.4 is 10.6 Å². The lowest BCUT2D eigenvalue weighted by atomic mass is 9.99. The molecule has 1 saturated heterocycles. The highest BCUT2D eigenvalue weighted by molar-refractivity contribution is 9.10. The lowest BCUT2D eigenvalue weighted by Crippen LogP contribution is -2.38. The number of allylic oxidation sites excluding steroid dienone is 1. The topological polar surface area (TPSA) is 91.4 Å². The molecule has 1 aromatic rings. The van der Waals surface area contributed by atoms with Crippen molar-refractivity contribution >= 4 is 43.8 Å². The van der Waals surface area contributed by atoms with Gasteiger partial charge >= 0.3 is 0 Å². The highest BCUT2D eigenvalue weighted by atomic mass is 79.9. The van der Waals surface area contributed by atoms with Gasteiger partial charge in [-0.05, 0) is 47.3 Å². The highest BCUT2D eigenvalue weighted by Crippen LogP contribution is 2.55. The van der Waals surface area contributed by atoms with Gasteiger partial charge in [0.05, 0.1) is 11.8 Å². The number of anilines is 1. The molecule has 1 amide bonds. The summed E-state index contributed by atoms with van der Waals surface area (Å²) >= 11 is 3.31. The number of nitrogens with zero attached hydrogens (tertiary/aromatic N) is 2. The van der Waals surface area contributed by atoms with Crippen LogP contribution in [0.3, 0.4) is 0 Å². The maximum absolute atomic E-state index is 12.7. The van der Waals surface area contributed by atoms with Gasteiger partial charge in [-0.2, -0.15) is 0 Å². The van der Waals surface area contributed by atoms with Crippen LogP contribution in [0.1, 0.15) is 24.8 Å². The second-order valence-corrected chi connectivity index (χ2v) is 10.5. The number of amides is 1. The molecule has 0 spiro atoms. The molecule has 3 rings (SSSR count). The number of piperidine rings is 1. The Kier molecular flexibility index (Phi) is 6.09. The fourth-order valence-electron chi connectivity index (χ4n) is 3.77. The van der Waals surface area contributed by atoms with Crippen LogP contribution in [-0.4, -0.2) is 55.0 Å². The first-order valence-electron chi connectivity index (χ1n) is 9.11. The van der Waals surface area contributed by atoms with E-state index >= 15 is 0 Å². The molecular formula is C19H25BrN4O3S. The van der Waals surface area contributed by atoms with Crippen molar-refractivity contribution in [3.05, 3.63) is 41.5 Å². The van der Waals surface area contributed by atoms with E-state index in [1.54, 1.807) is 25.3 Å². The fourth-order valence-corrected chi connectivity index (χ4v) is 5.31. The third-order valence-electron chi connectivity index (χ3n) is 5.47. The van der Waals surface area contributed by atoms with E-state index in [-0.39, 0.29) is 29.2 Å². The molecule has 1 saturated carbocycles. The Balaban J connectivity index is 1.63. The van der Waals surface area contributed by atoms with Gasteiger partial charge in [0.25, 0.3) is 0 Å². The number of hydrogen-bond donors (Lipinski definition) is 2. The zero-order valence-electron chi connectivity index (χ0n) is 15.8. The summed E-state index contributed by atoms with van der Waals surface area (Å²) in [5, 5.41) is 6.18. The van der Waals surface area contributed by atoms with Crippen LogP contribution in [0.4, 0.5) is 5.82 Å². The average Bonchev–Trinajstić information content (AvgIpc) is 3.19. The minimum absolute atomic E-state index is 0.0595. The fraction of sp³-hybridized carbons (Fsp3) is 0.474. The summed E-state index contributed by atoms with van der Waals surface area (Å²) in [6.07, 6.45) is 5.15. The normalized spacial score (nSPS) is 26.0. The Morgan fingerprint density at radius 2 is 2.21 bits per heavy atom. The van der Waals surface area contributed by atoms with Crippen molar-refractivity contribution in [2.24, 2.45) is 5.41 Å². The van der Waals surface area contributed by atoms with E-state index in [4.69, 9.17) is 0 Å². The average molecular weight is 469 g/mol. The van der Waals surface area contributed by atoms with Gasteiger partial charge in [0.2, 0.25) is 15.9 Å². The molecule has 3 atom stereocenters. The van der Waals surface area contributed by atoms with Crippen LogP contribution in [0.5, 0.6) is 0 Å². The molecule has 152 valence electrons. The van der Waals surface area contributed by atoms with Crippen LogP contribution in [0.15, 0.2) is 36.0 Å². The summed E-state index contributed by atoms with van der Waals surface area (Å²) in [4.78, 5) is 17.0. The summed E-state index contributed by atoms with van der Waals surface area (Å²) in [6.45, 7) is 7.74. The van der Waals surface area contributed by atoms with Gasteiger partial charge in [-0.25, -0.2) is 17.7 Å². The number of fused-ring (bicyclic) bond motifs is 1. The standard InChI is InChI=1S/C19H25BrN4O3S/c1-4-6-9-28(26,27)24(3)12-19-10-14(21-15(19)11-19)18(25)23-17-13(5-2)7-8-16(20)22-17/h4-5,7-8,14-15,21H,1-2,6,9-12H2,3H3,(H,22,23,25)/t14-,15+,19-/m0/s1. The quantitative estimate of drug-likeness (QED) is 0.428. The van der Waals surface area contributed by atoms with Gasteiger partial charge < -0.3 is 10.6 Å². The van der Waals surface area contributed by atoms with Gasteiger partial charge in [-0.15, -0.1) is 6.58 Å². The predicted molar refractivity (Wildman–Crippen MR) is 114 cm³/mol. The van der Waals surface area contributed by atoms with E-state index in [1.165, 1.54) is 4.31 Å². The van der Waals surface area contributed by atoms with Crippen LogP contribution in [0, 0.1) is 5.41 Å². The maximum atomic E-state index is 12.7. The first kappa shape index (κ1) is 21.2. The van der Waals surface area contributed by atoms with Crippen LogP contribution >= 0.6 is 15.9 Å². The number of nitrogens with one attached hydrogen (secondary N) is 2. The number of halogens is 1. The van der Waals surface area contributed by atoms with Gasteiger partial charge in [0.15, 0.2) is 0 Å². The molecule has 28 heavy (non-hydrogen) atoms. The Hall–Kier alpha value is -1.55. The molecule has 2 heterocycles. The number of aromatic nitrogens is 1. The Morgan fingerprint density at radius 1 is 1.46 bits per heavy atom. The van der Waals surface area contributed by atoms with E-state index in [9.17, 15) is 13.2 Å². The van der Waals surface area contributed by atoms with Crippen molar-refractivity contribution < 1.29 is 13.2 Å². The molecule has 9 heteroatoms. The number of carbonyl (C=O) groups is 1. The molecule has 1 aliphatic carbocycles. The summed E-state index contributed by atoms with van der Waals surface area (Å²) in [5.41, 5.74) is 0.562. The molecule has 0 radical (unpaired) electrons. The van der Waals surface area contributed by atoms with Crippen LogP contribution in [0.25, 0.3) is 6.08 Å². The Labute approximate surface area is 174 Å². The molecule has 0 unspecified atom stereocenters. The first-order chi connectivity index (χ1) is 13.2. The smallest absolute Gasteiger partial charge is 0.242 e. The molecular weight excluding hydrogens is 444 g/mol. The van der Waals surface area contributed by atoms with Crippen molar-refractivity contribution in [1.82, 2.24) is 14.6 Å². The summed E-state index contributed by atoms with van der Waals surface area (Å²) in [7, 11) is -1.71. The van der Waals surface area contributed by atoms with Crippen molar-refractivity contribution in [1.29, 1.82) is 0 Å². The number of hydrogen-bond acceptors (Lipinski definition) is 5. The highest BCUT2D eigenvalue weighted by Gasteiger charge is 2.62. The van der Waals surface area contributed by atoms with E-state index in [1.807, 2.05) is 6.07 Å². The predicted octanol–water partition coefficient (Wildman–Crippen LogP) is 2.38. The molecule has 0 bridgehead atoms. The Morgan fingerprint density at radius 3 is 2.89 bits per heavy atom. The van der Waals surface area contributed by atoms with Gasteiger partial charge in [-0.3, -0.25) is 4.79 Å². The van der Waals surface area contributed by atoms with Crippen molar-refractivity contribution in [3.63, 3.8) is 0 Å². The second-order valence-electron chi connectivity index (χ2n) is 7.46.